The lowest BCUT2D eigenvalue weighted by Crippen LogP contribution is -2.46. The lowest BCUT2D eigenvalue weighted by atomic mass is 9.78. The van der Waals surface area contributed by atoms with E-state index in [1.165, 1.54) is 0 Å². The lowest BCUT2D eigenvalue weighted by molar-refractivity contribution is -0.149. The second-order valence-corrected chi connectivity index (χ2v) is 5.91. The Morgan fingerprint density at radius 3 is 2.50 bits per heavy atom. The zero-order chi connectivity index (χ0) is 12.6. The fourth-order valence-corrected chi connectivity index (χ4v) is 2.12. The standard InChI is InChI=1S/C13H25NO2/c1-6-13(5,16)11(15)14-8-7-12(4,9-14)10(2)3/h10,16H,6-9H2,1-5H3/t12-,13?/m0/s1. The minimum absolute atomic E-state index is 0.112. The minimum atomic E-state index is -1.19. The SMILES string of the molecule is CCC(C)(O)C(=O)N1CC[C@](C)(C(C)C)C1. The van der Waals surface area contributed by atoms with Crippen LogP contribution in [0.2, 0.25) is 0 Å². The monoisotopic (exact) mass is 227 g/mol. The quantitative estimate of drug-likeness (QED) is 0.801. The van der Waals surface area contributed by atoms with E-state index >= 15 is 0 Å². The molecule has 1 aliphatic heterocycles. The first-order chi connectivity index (χ1) is 7.23. The molecular formula is C13H25NO2. The molecule has 16 heavy (non-hydrogen) atoms. The van der Waals surface area contributed by atoms with Crippen molar-refractivity contribution in [1.29, 1.82) is 0 Å². The Hall–Kier alpha value is -0.570. The molecule has 0 aliphatic carbocycles. The van der Waals surface area contributed by atoms with Crippen molar-refractivity contribution in [3.05, 3.63) is 0 Å². The Balaban J connectivity index is 2.71. The molecule has 1 heterocycles. The van der Waals surface area contributed by atoms with Gasteiger partial charge in [0, 0.05) is 13.1 Å². The third-order valence-electron chi connectivity index (χ3n) is 4.34. The average Bonchev–Trinajstić information content (AvgIpc) is 2.61. The predicted octanol–water partition coefficient (Wildman–Crippen LogP) is 2.04. The van der Waals surface area contributed by atoms with Crippen molar-refractivity contribution in [2.24, 2.45) is 11.3 Å². The van der Waals surface area contributed by atoms with Crippen LogP contribution in [0.4, 0.5) is 0 Å². The molecule has 94 valence electrons. The molecule has 1 saturated heterocycles. The molecule has 3 heteroatoms. The van der Waals surface area contributed by atoms with E-state index in [9.17, 15) is 9.90 Å². The van der Waals surface area contributed by atoms with E-state index in [4.69, 9.17) is 0 Å². The molecule has 0 aromatic carbocycles. The van der Waals surface area contributed by atoms with Crippen LogP contribution < -0.4 is 0 Å². The van der Waals surface area contributed by atoms with Gasteiger partial charge in [-0.2, -0.15) is 0 Å². The molecule has 1 rings (SSSR count). The van der Waals surface area contributed by atoms with Gasteiger partial charge in [-0.15, -0.1) is 0 Å². The van der Waals surface area contributed by atoms with Crippen LogP contribution in [0, 0.1) is 11.3 Å². The first kappa shape index (κ1) is 13.5. The number of likely N-dealkylation sites (tertiary alicyclic amines) is 1. The van der Waals surface area contributed by atoms with Crippen molar-refractivity contribution in [3.8, 4) is 0 Å². The minimum Gasteiger partial charge on any atom is -0.380 e. The van der Waals surface area contributed by atoms with Gasteiger partial charge in [0.1, 0.15) is 5.60 Å². The number of carbonyl (C=O) groups is 1. The summed E-state index contributed by atoms with van der Waals surface area (Å²) in [5, 5.41) is 9.97. The van der Waals surface area contributed by atoms with E-state index in [2.05, 4.69) is 20.8 Å². The number of rotatable bonds is 3. The fraction of sp³-hybridized carbons (Fsp3) is 0.923. The molecule has 2 atom stereocenters. The summed E-state index contributed by atoms with van der Waals surface area (Å²) in [5.41, 5.74) is -0.984. The number of aliphatic hydroxyl groups is 1. The van der Waals surface area contributed by atoms with Crippen molar-refractivity contribution in [2.75, 3.05) is 13.1 Å². The highest BCUT2D eigenvalue weighted by Crippen LogP contribution is 2.37. The number of hydrogen-bond acceptors (Lipinski definition) is 2. The van der Waals surface area contributed by atoms with Crippen LogP contribution in [0.25, 0.3) is 0 Å². The molecule has 3 nitrogen and oxygen atoms in total. The number of hydrogen-bond donors (Lipinski definition) is 1. The molecular weight excluding hydrogens is 202 g/mol. The molecule has 0 bridgehead atoms. The first-order valence-corrected chi connectivity index (χ1v) is 6.24. The first-order valence-electron chi connectivity index (χ1n) is 6.24. The van der Waals surface area contributed by atoms with Gasteiger partial charge in [-0.1, -0.05) is 27.7 Å². The Labute approximate surface area is 98.8 Å². The second kappa shape index (κ2) is 4.36. The molecule has 0 radical (unpaired) electrons. The van der Waals surface area contributed by atoms with Gasteiger partial charge < -0.3 is 10.0 Å². The van der Waals surface area contributed by atoms with Crippen molar-refractivity contribution in [1.82, 2.24) is 4.90 Å². The normalized spacial score (nSPS) is 29.6. The van der Waals surface area contributed by atoms with Crippen LogP contribution in [0.1, 0.15) is 47.5 Å². The summed E-state index contributed by atoms with van der Waals surface area (Å²) in [6.07, 6.45) is 1.51. The maximum absolute atomic E-state index is 12.1. The van der Waals surface area contributed by atoms with Gasteiger partial charge in [0.05, 0.1) is 0 Å². The smallest absolute Gasteiger partial charge is 0.254 e. The summed E-state index contributed by atoms with van der Waals surface area (Å²) < 4.78 is 0. The summed E-state index contributed by atoms with van der Waals surface area (Å²) in [5.74, 6) is 0.455. The van der Waals surface area contributed by atoms with Crippen molar-refractivity contribution in [2.45, 2.75) is 53.1 Å². The molecule has 0 spiro atoms. The van der Waals surface area contributed by atoms with Crippen LogP contribution in [0.3, 0.4) is 0 Å². The highest BCUT2D eigenvalue weighted by Gasteiger charge is 2.42. The zero-order valence-corrected chi connectivity index (χ0v) is 11.2. The van der Waals surface area contributed by atoms with Crippen molar-refractivity contribution < 1.29 is 9.90 Å². The molecule has 0 aromatic rings. The maximum Gasteiger partial charge on any atom is 0.254 e. The van der Waals surface area contributed by atoms with Crippen LogP contribution >= 0.6 is 0 Å². The Morgan fingerprint density at radius 2 is 2.12 bits per heavy atom. The molecule has 0 aromatic heterocycles. The largest absolute Gasteiger partial charge is 0.380 e. The highest BCUT2D eigenvalue weighted by molar-refractivity contribution is 5.84. The van der Waals surface area contributed by atoms with E-state index in [-0.39, 0.29) is 11.3 Å². The Kier molecular flexibility index (Phi) is 3.68. The summed E-state index contributed by atoms with van der Waals surface area (Å²) in [4.78, 5) is 13.9. The fourth-order valence-electron chi connectivity index (χ4n) is 2.12. The summed E-state index contributed by atoms with van der Waals surface area (Å²) in [6, 6.07) is 0. The van der Waals surface area contributed by atoms with Gasteiger partial charge in [0.2, 0.25) is 0 Å². The molecule has 1 unspecified atom stereocenters. The molecule has 1 fully saturated rings. The topological polar surface area (TPSA) is 40.5 Å². The van der Waals surface area contributed by atoms with E-state index in [1.807, 2.05) is 11.8 Å². The second-order valence-electron chi connectivity index (χ2n) is 5.91. The Morgan fingerprint density at radius 1 is 1.56 bits per heavy atom. The van der Waals surface area contributed by atoms with Crippen LogP contribution in [0.5, 0.6) is 0 Å². The third-order valence-corrected chi connectivity index (χ3v) is 4.34. The molecule has 0 saturated carbocycles. The van der Waals surface area contributed by atoms with Gasteiger partial charge in [-0.3, -0.25) is 4.79 Å². The summed E-state index contributed by atoms with van der Waals surface area (Å²) >= 11 is 0. The van der Waals surface area contributed by atoms with E-state index in [0.29, 0.717) is 12.3 Å². The van der Waals surface area contributed by atoms with Gasteiger partial charge in [0.25, 0.3) is 5.91 Å². The summed E-state index contributed by atoms with van der Waals surface area (Å²) in [7, 11) is 0. The Bertz CT molecular complexity index is 273. The lowest BCUT2D eigenvalue weighted by Gasteiger charge is -2.31. The van der Waals surface area contributed by atoms with Gasteiger partial charge in [-0.25, -0.2) is 0 Å². The third kappa shape index (κ3) is 2.40. The molecule has 1 amide bonds. The maximum atomic E-state index is 12.1. The van der Waals surface area contributed by atoms with Crippen molar-refractivity contribution >= 4 is 5.91 Å². The van der Waals surface area contributed by atoms with Gasteiger partial charge in [0.15, 0.2) is 0 Å². The predicted molar refractivity (Wildman–Crippen MR) is 65.1 cm³/mol. The summed E-state index contributed by atoms with van der Waals surface area (Å²) in [6.45, 7) is 11.6. The number of nitrogens with zero attached hydrogens (tertiary/aromatic N) is 1. The zero-order valence-electron chi connectivity index (χ0n) is 11.2. The van der Waals surface area contributed by atoms with Gasteiger partial charge in [-0.05, 0) is 31.1 Å². The average molecular weight is 227 g/mol. The van der Waals surface area contributed by atoms with Crippen LogP contribution in [-0.2, 0) is 4.79 Å². The molecule has 1 aliphatic rings. The highest BCUT2D eigenvalue weighted by atomic mass is 16.3. The van der Waals surface area contributed by atoms with E-state index < -0.39 is 5.60 Å². The number of amides is 1. The van der Waals surface area contributed by atoms with E-state index in [1.54, 1.807) is 6.92 Å². The van der Waals surface area contributed by atoms with E-state index in [0.717, 1.165) is 19.5 Å². The van der Waals surface area contributed by atoms with Crippen LogP contribution in [0.15, 0.2) is 0 Å². The van der Waals surface area contributed by atoms with Crippen LogP contribution in [-0.4, -0.2) is 34.6 Å². The van der Waals surface area contributed by atoms with Gasteiger partial charge >= 0.3 is 0 Å². The van der Waals surface area contributed by atoms with Crippen molar-refractivity contribution in [3.63, 3.8) is 0 Å². The number of carbonyl (C=O) groups excluding carboxylic acids is 1. The molecule has 1 N–H and O–H groups in total.